The summed E-state index contributed by atoms with van der Waals surface area (Å²) < 4.78 is 22.1. The molecule has 0 saturated heterocycles. The number of furan rings is 1. The average molecular weight is 440 g/mol. The second kappa shape index (κ2) is 11.6. The van der Waals surface area contributed by atoms with Crippen LogP contribution >= 0.6 is 0 Å². The van der Waals surface area contributed by atoms with Crippen LogP contribution in [0.5, 0.6) is 17.2 Å². The molecule has 0 aliphatic heterocycles. The van der Waals surface area contributed by atoms with Crippen molar-refractivity contribution in [3.63, 3.8) is 0 Å². The van der Waals surface area contributed by atoms with Gasteiger partial charge in [0.2, 0.25) is 0 Å². The van der Waals surface area contributed by atoms with E-state index < -0.39 is 6.10 Å². The van der Waals surface area contributed by atoms with Crippen molar-refractivity contribution in [2.75, 3.05) is 27.4 Å². The molecular formula is C26H33NO5. The van der Waals surface area contributed by atoms with Gasteiger partial charge in [0.1, 0.15) is 24.2 Å². The minimum absolute atomic E-state index is 0.210. The first-order valence-electron chi connectivity index (χ1n) is 10.8. The van der Waals surface area contributed by atoms with Gasteiger partial charge in [-0.3, -0.25) is 4.90 Å². The number of nitrogens with zero attached hydrogens (tertiary/aromatic N) is 1. The van der Waals surface area contributed by atoms with Crippen molar-refractivity contribution in [3.05, 3.63) is 77.7 Å². The topological polar surface area (TPSA) is 64.3 Å². The van der Waals surface area contributed by atoms with Gasteiger partial charge in [-0.05, 0) is 53.4 Å². The first-order chi connectivity index (χ1) is 15.5. The van der Waals surface area contributed by atoms with Crippen molar-refractivity contribution in [2.24, 2.45) is 0 Å². The molecule has 1 atom stereocenters. The Bertz CT molecular complexity index is 937. The van der Waals surface area contributed by atoms with E-state index in [1.165, 1.54) is 5.56 Å². The van der Waals surface area contributed by atoms with Crippen LogP contribution in [0.3, 0.4) is 0 Å². The molecule has 1 heterocycles. The summed E-state index contributed by atoms with van der Waals surface area (Å²) in [7, 11) is 3.24. The van der Waals surface area contributed by atoms with Crippen molar-refractivity contribution < 1.29 is 23.7 Å². The van der Waals surface area contributed by atoms with Crippen LogP contribution in [-0.2, 0) is 13.1 Å². The van der Waals surface area contributed by atoms with Crippen LogP contribution in [0.15, 0.2) is 65.3 Å². The molecule has 0 fully saturated rings. The minimum Gasteiger partial charge on any atom is -0.493 e. The molecule has 32 heavy (non-hydrogen) atoms. The van der Waals surface area contributed by atoms with Gasteiger partial charge in [-0.2, -0.15) is 0 Å². The van der Waals surface area contributed by atoms with Gasteiger partial charge in [-0.25, -0.2) is 0 Å². The summed E-state index contributed by atoms with van der Waals surface area (Å²) in [6, 6.07) is 17.7. The Morgan fingerprint density at radius 2 is 1.69 bits per heavy atom. The highest BCUT2D eigenvalue weighted by atomic mass is 16.5. The number of ether oxygens (including phenoxy) is 3. The normalized spacial score (nSPS) is 12.2. The molecule has 1 N–H and O–H groups in total. The molecule has 1 unspecified atom stereocenters. The van der Waals surface area contributed by atoms with E-state index in [2.05, 4.69) is 30.9 Å². The zero-order valence-electron chi connectivity index (χ0n) is 19.3. The largest absolute Gasteiger partial charge is 0.493 e. The average Bonchev–Trinajstić information content (AvgIpc) is 3.30. The predicted octanol–water partition coefficient (Wildman–Crippen LogP) is 4.86. The summed E-state index contributed by atoms with van der Waals surface area (Å²) in [5, 5.41) is 10.7. The zero-order chi connectivity index (χ0) is 22.9. The number of hydrogen-bond donors (Lipinski definition) is 1. The van der Waals surface area contributed by atoms with E-state index >= 15 is 0 Å². The summed E-state index contributed by atoms with van der Waals surface area (Å²) in [5.41, 5.74) is 2.31. The van der Waals surface area contributed by atoms with Crippen LogP contribution < -0.4 is 14.2 Å². The Morgan fingerprint density at radius 3 is 2.31 bits per heavy atom. The van der Waals surface area contributed by atoms with Crippen molar-refractivity contribution in [3.8, 4) is 17.2 Å². The standard InChI is InChI=1S/C26H33NO5/c1-19(2)21-8-10-23(11-9-21)32-18-22(28)16-27(17-24-6-5-13-31-24)15-20-7-12-25(29-3)26(14-20)30-4/h5-14,19,22,28H,15-18H2,1-4H3. The van der Waals surface area contributed by atoms with Crippen molar-refractivity contribution in [2.45, 2.75) is 39.0 Å². The van der Waals surface area contributed by atoms with E-state index in [4.69, 9.17) is 18.6 Å². The molecule has 1 aromatic heterocycles. The maximum absolute atomic E-state index is 10.7. The molecule has 0 spiro atoms. The maximum atomic E-state index is 10.7. The van der Waals surface area contributed by atoms with Gasteiger partial charge in [0.25, 0.3) is 0 Å². The van der Waals surface area contributed by atoms with Gasteiger partial charge in [0.15, 0.2) is 11.5 Å². The van der Waals surface area contributed by atoms with Gasteiger partial charge in [0.05, 0.1) is 27.0 Å². The molecule has 3 aromatic rings. The number of aliphatic hydroxyl groups excluding tert-OH is 1. The lowest BCUT2D eigenvalue weighted by atomic mass is 10.0. The fourth-order valence-corrected chi connectivity index (χ4v) is 3.54. The van der Waals surface area contributed by atoms with Gasteiger partial charge in [-0.1, -0.05) is 32.0 Å². The second-order valence-corrected chi connectivity index (χ2v) is 8.13. The van der Waals surface area contributed by atoms with E-state index in [1.54, 1.807) is 20.5 Å². The Labute approximate surface area is 190 Å². The van der Waals surface area contributed by atoms with E-state index in [9.17, 15) is 5.11 Å². The lowest BCUT2D eigenvalue weighted by Gasteiger charge is -2.25. The fraction of sp³-hybridized carbons (Fsp3) is 0.385. The molecule has 0 amide bonds. The van der Waals surface area contributed by atoms with Crippen molar-refractivity contribution in [1.82, 2.24) is 4.90 Å². The second-order valence-electron chi connectivity index (χ2n) is 8.13. The van der Waals surface area contributed by atoms with Crippen LogP contribution in [0.25, 0.3) is 0 Å². The molecule has 172 valence electrons. The molecule has 0 radical (unpaired) electrons. The van der Waals surface area contributed by atoms with E-state index in [0.717, 1.165) is 17.1 Å². The highest BCUT2D eigenvalue weighted by Gasteiger charge is 2.16. The number of methoxy groups -OCH3 is 2. The zero-order valence-corrected chi connectivity index (χ0v) is 19.3. The Kier molecular flexibility index (Phi) is 8.59. The lowest BCUT2D eigenvalue weighted by molar-refractivity contribution is 0.0604. The molecule has 0 saturated carbocycles. The van der Waals surface area contributed by atoms with Gasteiger partial charge < -0.3 is 23.7 Å². The van der Waals surface area contributed by atoms with Crippen molar-refractivity contribution >= 4 is 0 Å². The van der Waals surface area contributed by atoms with Crippen LogP contribution in [0.4, 0.5) is 0 Å². The Balaban J connectivity index is 1.63. The van der Waals surface area contributed by atoms with Crippen LogP contribution in [0.1, 0.15) is 36.7 Å². The van der Waals surface area contributed by atoms with E-state index in [-0.39, 0.29) is 6.61 Å². The van der Waals surface area contributed by atoms with Gasteiger partial charge in [-0.15, -0.1) is 0 Å². The van der Waals surface area contributed by atoms with Gasteiger partial charge >= 0.3 is 0 Å². The van der Waals surface area contributed by atoms with E-state index in [0.29, 0.717) is 37.1 Å². The lowest BCUT2D eigenvalue weighted by Crippen LogP contribution is -2.35. The predicted molar refractivity (Wildman–Crippen MR) is 124 cm³/mol. The van der Waals surface area contributed by atoms with Gasteiger partial charge in [0, 0.05) is 13.1 Å². The summed E-state index contributed by atoms with van der Waals surface area (Å²) in [6.45, 7) is 6.14. The monoisotopic (exact) mass is 439 g/mol. The third kappa shape index (κ3) is 6.77. The number of benzene rings is 2. The third-order valence-corrected chi connectivity index (χ3v) is 5.27. The summed E-state index contributed by atoms with van der Waals surface area (Å²) in [5.74, 6) is 3.43. The molecule has 3 rings (SSSR count). The van der Waals surface area contributed by atoms with Crippen LogP contribution in [0.2, 0.25) is 0 Å². The smallest absolute Gasteiger partial charge is 0.161 e. The molecule has 2 aromatic carbocycles. The number of aliphatic hydroxyl groups is 1. The number of rotatable bonds is 12. The summed E-state index contributed by atoms with van der Waals surface area (Å²) in [6.07, 6.45) is 1.000. The van der Waals surface area contributed by atoms with E-state index in [1.807, 2.05) is 42.5 Å². The maximum Gasteiger partial charge on any atom is 0.161 e. The Hall–Kier alpha value is -2.96. The molecule has 6 heteroatoms. The fourth-order valence-electron chi connectivity index (χ4n) is 3.54. The quantitative estimate of drug-likeness (QED) is 0.435. The first-order valence-corrected chi connectivity index (χ1v) is 10.8. The highest BCUT2D eigenvalue weighted by molar-refractivity contribution is 5.42. The molecular weight excluding hydrogens is 406 g/mol. The first kappa shape index (κ1) is 23.7. The summed E-state index contributed by atoms with van der Waals surface area (Å²) >= 11 is 0. The minimum atomic E-state index is -0.658. The van der Waals surface area contributed by atoms with Crippen LogP contribution in [0, 0.1) is 0 Å². The third-order valence-electron chi connectivity index (χ3n) is 5.27. The Morgan fingerprint density at radius 1 is 0.938 bits per heavy atom. The van der Waals surface area contributed by atoms with Crippen molar-refractivity contribution in [1.29, 1.82) is 0 Å². The van der Waals surface area contributed by atoms with Crippen LogP contribution in [-0.4, -0.2) is 43.5 Å². The molecule has 0 bridgehead atoms. The SMILES string of the molecule is COc1ccc(CN(Cc2ccco2)CC(O)COc2ccc(C(C)C)cc2)cc1OC. The molecule has 0 aliphatic rings. The molecule has 6 nitrogen and oxygen atoms in total. The summed E-state index contributed by atoms with van der Waals surface area (Å²) in [4.78, 5) is 2.12. The highest BCUT2D eigenvalue weighted by Crippen LogP contribution is 2.28. The molecule has 0 aliphatic carbocycles. The number of hydrogen-bond acceptors (Lipinski definition) is 6.